The first-order valence-electron chi connectivity index (χ1n) is 7.83. The van der Waals surface area contributed by atoms with E-state index < -0.39 is 29.8 Å². The van der Waals surface area contributed by atoms with Crippen molar-refractivity contribution in [2.75, 3.05) is 13.2 Å². The van der Waals surface area contributed by atoms with Crippen LogP contribution in [0.1, 0.15) is 37.9 Å². The molecule has 1 heterocycles. The second-order valence-corrected chi connectivity index (χ2v) is 5.47. The Hall–Kier alpha value is -2.51. The Labute approximate surface area is 143 Å². The van der Waals surface area contributed by atoms with Crippen molar-refractivity contribution in [2.45, 2.75) is 33.0 Å². The molecule has 1 aliphatic rings. The van der Waals surface area contributed by atoms with E-state index in [0.717, 1.165) is 12.1 Å². The number of nitrogens with one attached hydrogen (secondary N) is 1. The van der Waals surface area contributed by atoms with Crippen molar-refractivity contribution in [1.82, 2.24) is 10.2 Å². The van der Waals surface area contributed by atoms with E-state index in [1.54, 1.807) is 20.8 Å². The van der Waals surface area contributed by atoms with Gasteiger partial charge in [-0.25, -0.2) is 9.59 Å². The quantitative estimate of drug-likeness (QED) is 0.838. The van der Waals surface area contributed by atoms with Gasteiger partial charge in [0, 0.05) is 12.2 Å². The summed E-state index contributed by atoms with van der Waals surface area (Å²) in [5.74, 6) is -0.666. The van der Waals surface area contributed by atoms with Crippen molar-refractivity contribution in [3.8, 4) is 0 Å². The second-order valence-electron chi connectivity index (χ2n) is 5.47. The van der Waals surface area contributed by atoms with Crippen LogP contribution in [0.3, 0.4) is 0 Å². The Bertz CT molecular complexity index is 713. The molecule has 1 N–H and O–H groups in total. The number of halogens is 3. The number of hydrogen-bond donors (Lipinski definition) is 1. The standard InChI is InChI=1S/C17H19F3N2O3/c1-4-22-10(3)13(15(23)25-5-2)14(21-16(22)24)11-7-6-8-12(9-11)17(18,19)20/h6-9,14H,4-5H2,1-3H3,(H,21,24)/t14-/m0/s1. The fraction of sp³-hybridized carbons (Fsp3) is 0.412. The molecule has 0 aliphatic carbocycles. The first-order valence-corrected chi connectivity index (χ1v) is 7.83. The van der Waals surface area contributed by atoms with E-state index >= 15 is 0 Å². The third-order valence-corrected chi connectivity index (χ3v) is 3.96. The molecule has 25 heavy (non-hydrogen) atoms. The van der Waals surface area contributed by atoms with Gasteiger partial charge in [0.25, 0.3) is 0 Å². The molecule has 0 aromatic heterocycles. The lowest BCUT2D eigenvalue weighted by atomic mass is 9.93. The zero-order valence-corrected chi connectivity index (χ0v) is 14.1. The topological polar surface area (TPSA) is 58.6 Å². The summed E-state index contributed by atoms with van der Waals surface area (Å²) in [6.45, 7) is 5.37. The van der Waals surface area contributed by atoms with Crippen LogP contribution in [0.15, 0.2) is 35.5 Å². The summed E-state index contributed by atoms with van der Waals surface area (Å²) in [4.78, 5) is 25.9. The lowest BCUT2D eigenvalue weighted by molar-refractivity contribution is -0.139. The van der Waals surface area contributed by atoms with Crippen molar-refractivity contribution < 1.29 is 27.5 Å². The minimum Gasteiger partial charge on any atom is -0.463 e. The van der Waals surface area contributed by atoms with Crippen LogP contribution < -0.4 is 5.32 Å². The van der Waals surface area contributed by atoms with Crippen molar-refractivity contribution in [3.63, 3.8) is 0 Å². The average molecular weight is 356 g/mol. The summed E-state index contributed by atoms with van der Waals surface area (Å²) in [6, 6.07) is 3.07. The number of allylic oxidation sites excluding steroid dienone is 1. The minimum atomic E-state index is -4.52. The highest BCUT2D eigenvalue weighted by Crippen LogP contribution is 2.35. The van der Waals surface area contributed by atoms with Gasteiger partial charge < -0.3 is 10.1 Å². The molecular formula is C17H19F3N2O3. The number of alkyl halides is 3. The first-order chi connectivity index (χ1) is 11.7. The first kappa shape index (κ1) is 18.8. The number of rotatable bonds is 4. The van der Waals surface area contributed by atoms with Gasteiger partial charge in [-0.2, -0.15) is 13.2 Å². The van der Waals surface area contributed by atoms with Gasteiger partial charge in [-0.15, -0.1) is 0 Å². The van der Waals surface area contributed by atoms with E-state index in [4.69, 9.17) is 4.74 Å². The SMILES string of the molecule is CCOC(=O)C1=C(C)N(CC)C(=O)N[C@H]1c1cccc(C(F)(F)F)c1. The highest BCUT2D eigenvalue weighted by atomic mass is 19.4. The van der Waals surface area contributed by atoms with Gasteiger partial charge in [-0.3, -0.25) is 4.90 Å². The predicted octanol–water partition coefficient (Wildman–Crippen LogP) is 3.63. The van der Waals surface area contributed by atoms with Crippen molar-refractivity contribution in [3.05, 3.63) is 46.7 Å². The smallest absolute Gasteiger partial charge is 0.416 e. The second kappa shape index (κ2) is 7.16. The molecule has 0 saturated carbocycles. The monoisotopic (exact) mass is 356 g/mol. The van der Waals surface area contributed by atoms with Crippen molar-refractivity contribution in [1.29, 1.82) is 0 Å². The maximum absolute atomic E-state index is 13.0. The van der Waals surface area contributed by atoms with Crippen LogP contribution in [0.5, 0.6) is 0 Å². The zero-order valence-electron chi connectivity index (χ0n) is 14.1. The van der Waals surface area contributed by atoms with Gasteiger partial charge in [0.2, 0.25) is 0 Å². The van der Waals surface area contributed by atoms with Crippen molar-refractivity contribution >= 4 is 12.0 Å². The highest BCUT2D eigenvalue weighted by Gasteiger charge is 2.37. The molecule has 1 aliphatic heterocycles. The van der Waals surface area contributed by atoms with Crippen LogP contribution in [0.25, 0.3) is 0 Å². The fourth-order valence-corrected chi connectivity index (χ4v) is 2.78. The molecule has 5 nitrogen and oxygen atoms in total. The van der Waals surface area contributed by atoms with E-state index in [1.807, 2.05) is 0 Å². The Morgan fingerprint density at radius 1 is 1.32 bits per heavy atom. The van der Waals surface area contributed by atoms with E-state index in [2.05, 4.69) is 5.32 Å². The van der Waals surface area contributed by atoms with E-state index in [1.165, 1.54) is 17.0 Å². The minimum absolute atomic E-state index is 0.116. The Balaban J connectivity index is 2.56. The van der Waals surface area contributed by atoms with Crippen LogP contribution in [-0.4, -0.2) is 30.1 Å². The van der Waals surface area contributed by atoms with Gasteiger partial charge in [0.15, 0.2) is 0 Å². The fourth-order valence-electron chi connectivity index (χ4n) is 2.78. The van der Waals surface area contributed by atoms with Gasteiger partial charge in [0.1, 0.15) is 0 Å². The van der Waals surface area contributed by atoms with Crippen LogP contribution >= 0.6 is 0 Å². The Morgan fingerprint density at radius 3 is 2.56 bits per heavy atom. The van der Waals surface area contributed by atoms with E-state index in [-0.39, 0.29) is 17.7 Å². The van der Waals surface area contributed by atoms with Crippen LogP contribution in [0, 0.1) is 0 Å². The number of esters is 1. The molecular weight excluding hydrogens is 337 g/mol. The molecule has 136 valence electrons. The molecule has 1 aromatic carbocycles. The zero-order chi connectivity index (χ0) is 18.8. The molecule has 0 spiro atoms. The van der Waals surface area contributed by atoms with Gasteiger partial charge >= 0.3 is 18.2 Å². The lowest BCUT2D eigenvalue weighted by Crippen LogP contribution is -2.47. The normalized spacial score (nSPS) is 18.2. The maximum atomic E-state index is 13.0. The number of carbonyl (C=O) groups is 2. The molecule has 8 heteroatoms. The molecule has 0 bridgehead atoms. The summed E-state index contributed by atoms with van der Waals surface area (Å²) in [5, 5.41) is 2.59. The summed E-state index contributed by atoms with van der Waals surface area (Å²) in [6.07, 6.45) is -4.52. The van der Waals surface area contributed by atoms with Gasteiger partial charge in [-0.05, 0) is 38.5 Å². The van der Waals surface area contributed by atoms with E-state index in [0.29, 0.717) is 12.2 Å². The number of amides is 2. The Morgan fingerprint density at radius 2 is 2.00 bits per heavy atom. The summed E-state index contributed by atoms with van der Waals surface area (Å²) in [7, 11) is 0. The molecule has 2 rings (SSSR count). The van der Waals surface area contributed by atoms with Gasteiger partial charge in [-0.1, -0.05) is 12.1 Å². The molecule has 1 atom stereocenters. The predicted molar refractivity (Wildman–Crippen MR) is 84.4 cm³/mol. The van der Waals surface area contributed by atoms with Crippen molar-refractivity contribution in [2.24, 2.45) is 0 Å². The molecule has 0 saturated heterocycles. The van der Waals surface area contributed by atoms with E-state index in [9.17, 15) is 22.8 Å². The Kier molecular flexibility index (Phi) is 5.39. The number of urea groups is 1. The average Bonchev–Trinajstić information content (AvgIpc) is 2.54. The summed E-state index contributed by atoms with van der Waals surface area (Å²) in [5.41, 5.74) is -0.186. The molecule has 0 unspecified atom stereocenters. The van der Waals surface area contributed by atoms with Gasteiger partial charge in [0.05, 0.1) is 23.8 Å². The van der Waals surface area contributed by atoms with Crippen LogP contribution in [0.4, 0.5) is 18.0 Å². The van der Waals surface area contributed by atoms with Crippen LogP contribution in [0.2, 0.25) is 0 Å². The number of nitrogens with zero attached hydrogens (tertiary/aromatic N) is 1. The lowest BCUT2D eigenvalue weighted by Gasteiger charge is -2.35. The van der Waals surface area contributed by atoms with Crippen LogP contribution in [-0.2, 0) is 15.7 Å². The maximum Gasteiger partial charge on any atom is 0.416 e. The summed E-state index contributed by atoms with van der Waals surface area (Å²) < 4.78 is 44.0. The highest BCUT2D eigenvalue weighted by molar-refractivity contribution is 5.95. The molecule has 1 aromatic rings. The number of carbonyl (C=O) groups excluding carboxylic acids is 2. The number of hydrogen-bond acceptors (Lipinski definition) is 3. The number of benzene rings is 1. The largest absolute Gasteiger partial charge is 0.463 e. The number of ether oxygens (including phenoxy) is 1. The summed E-state index contributed by atoms with van der Waals surface area (Å²) >= 11 is 0. The molecule has 2 amide bonds. The molecule has 0 radical (unpaired) electrons. The third kappa shape index (κ3) is 3.78. The third-order valence-electron chi connectivity index (χ3n) is 3.96. The molecule has 0 fully saturated rings.